The molecule has 21 heavy (non-hydrogen) atoms. The van der Waals surface area contributed by atoms with E-state index in [-0.39, 0.29) is 23.7 Å². The van der Waals surface area contributed by atoms with Gasteiger partial charge in [-0.3, -0.25) is 0 Å². The highest BCUT2D eigenvalue weighted by Gasteiger charge is 2.28. The first-order valence-electron chi connectivity index (χ1n) is 6.92. The van der Waals surface area contributed by atoms with Crippen LogP contribution in [0.1, 0.15) is 29.8 Å². The normalized spacial score (nSPS) is 22.0. The maximum Gasteiger partial charge on any atom is 0.338 e. The standard InChI is InChI=1S/C15H20N2O4/c1-9-5-4-6-12(13(9)14(18)19)16-15(20)17-7-11(3)21-8-10(17)2/h4-6,10-11H,7-8H2,1-3H3,(H,16,20)(H,18,19). The number of carbonyl (C=O) groups is 2. The number of nitrogens with zero attached hydrogens (tertiary/aromatic N) is 1. The number of anilines is 1. The summed E-state index contributed by atoms with van der Waals surface area (Å²) in [6.45, 7) is 6.48. The van der Waals surface area contributed by atoms with Crippen LogP contribution in [0.4, 0.5) is 10.5 Å². The molecule has 1 saturated heterocycles. The molecule has 2 unspecified atom stereocenters. The van der Waals surface area contributed by atoms with Crippen LogP contribution in [0.15, 0.2) is 18.2 Å². The van der Waals surface area contributed by atoms with Crippen LogP contribution in [0.5, 0.6) is 0 Å². The number of hydrogen-bond acceptors (Lipinski definition) is 3. The zero-order valence-electron chi connectivity index (χ0n) is 12.4. The highest BCUT2D eigenvalue weighted by Crippen LogP contribution is 2.21. The Hall–Kier alpha value is -2.08. The summed E-state index contributed by atoms with van der Waals surface area (Å²) in [6.07, 6.45) is -0.0246. The summed E-state index contributed by atoms with van der Waals surface area (Å²) >= 11 is 0. The Morgan fingerprint density at radius 1 is 1.38 bits per heavy atom. The quantitative estimate of drug-likeness (QED) is 0.877. The molecule has 1 aliphatic rings. The van der Waals surface area contributed by atoms with Crippen molar-refractivity contribution in [1.29, 1.82) is 0 Å². The minimum Gasteiger partial charge on any atom is -0.478 e. The van der Waals surface area contributed by atoms with Gasteiger partial charge in [0.25, 0.3) is 0 Å². The Balaban J connectivity index is 2.20. The van der Waals surface area contributed by atoms with Gasteiger partial charge in [-0.05, 0) is 32.4 Å². The van der Waals surface area contributed by atoms with Gasteiger partial charge in [-0.2, -0.15) is 0 Å². The zero-order chi connectivity index (χ0) is 15.6. The van der Waals surface area contributed by atoms with Gasteiger partial charge >= 0.3 is 12.0 Å². The molecule has 2 atom stereocenters. The van der Waals surface area contributed by atoms with Crippen molar-refractivity contribution in [3.05, 3.63) is 29.3 Å². The Kier molecular flexibility index (Phi) is 4.47. The van der Waals surface area contributed by atoms with Crippen molar-refractivity contribution in [2.75, 3.05) is 18.5 Å². The summed E-state index contributed by atoms with van der Waals surface area (Å²) in [4.78, 5) is 25.4. The highest BCUT2D eigenvalue weighted by atomic mass is 16.5. The van der Waals surface area contributed by atoms with Gasteiger partial charge < -0.3 is 20.1 Å². The van der Waals surface area contributed by atoms with E-state index in [4.69, 9.17) is 4.74 Å². The topological polar surface area (TPSA) is 78.9 Å². The summed E-state index contributed by atoms with van der Waals surface area (Å²) in [5.74, 6) is -1.05. The van der Waals surface area contributed by atoms with E-state index in [1.807, 2.05) is 13.8 Å². The molecule has 0 aromatic heterocycles. The van der Waals surface area contributed by atoms with Crippen molar-refractivity contribution in [2.24, 2.45) is 0 Å². The largest absolute Gasteiger partial charge is 0.478 e. The molecule has 0 bridgehead atoms. The number of ether oxygens (including phenoxy) is 1. The summed E-state index contributed by atoms with van der Waals surface area (Å²) in [5, 5.41) is 12.0. The van der Waals surface area contributed by atoms with Gasteiger partial charge in [0.05, 0.1) is 30.0 Å². The first kappa shape index (κ1) is 15.3. The van der Waals surface area contributed by atoms with Crippen LogP contribution in [0.3, 0.4) is 0 Å². The highest BCUT2D eigenvalue weighted by molar-refractivity contribution is 6.01. The number of carbonyl (C=O) groups excluding carboxylic acids is 1. The molecular weight excluding hydrogens is 272 g/mol. The minimum atomic E-state index is -1.05. The molecule has 114 valence electrons. The summed E-state index contributed by atoms with van der Waals surface area (Å²) in [5.41, 5.74) is 1.06. The van der Waals surface area contributed by atoms with Crippen LogP contribution in [-0.2, 0) is 4.74 Å². The number of amides is 2. The Morgan fingerprint density at radius 3 is 2.76 bits per heavy atom. The maximum atomic E-state index is 12.4. The summed E-state index contributed by atoms with van der Waals surface area (Å²) < 4.78 is 5.49. The van der Waals surface area contributed by atoms with Crippen LogP contribution >= 0.6 is 0 Å². The number of carboxylic acids is 1. The lowest BCUT2D eigenvalue weighted by atomic mass is 10.1. The van der Waals surface area contributed by atoms with Gasteiger partial charge in [-0.1, -0.05) is 12.1 Å². The van der Waals surface area contributed by atoms with Crippen LogP contribution in [0.25, 0.3) is 0 Å². The van der Waals surface area contributed by atoms with E-state index < -0.39 is 5.97 Å². The second-order valence-electron chi connectivity index (χ2n) is 5.38. The number of carboxylic acid groups (broad SMARTS) is 1. The fourth-order valence-corrected chi connectivity index (χ4v) is 2.43. The van der Waals surface area contributed by atoms with Crippen LogP contribution in [-0.4, -0.2) is 47.3 Å². The van der Waals surface area contributed by atoms with E-state index in [1.165, 1.54) is 0 Å². The van der Waals surface area contributed by atoms with Crippen molar-refractivity contribution in [1.82, 2.24) is 4.90 Å². The van der Waals surface area contributed by atoms with Gasteiger partial charge in [0.15, 0.2) is 0 Å². The van der Waals surface area contributed by atoms with E-state index in [0.717, 1.165) is 0 Å². The minimum absolute atomic E-state index is 0.0246. The summed E-state index contributed by atoms with van der Waals surface area (Å²) in [7, 11) is 0. The molecule has 0 aliphatic carbocycles. The predicted molar refractivity (Wildman–Crippen MR) is 78.7 cm³/mol. The molecule has 1 heterocycles. The molecule has 6 nitrogen and oxygen atoms in total. The lowest BCUT2D eigenvalue weighted by molar-refractivity contribution is -0.0296. The predicted octanol–water partition coefficient (Wildman–Crippen LogP) is 2.33. The monoisotopic (exact) mass is 292 g/mol. The Labute approximate surface area is 123 Å². The van der Waals surface area contributed by atoms with E-state index >= 15 is 0 Å². The summed E-state index contributed by atoms with van der Waals surface area (Å²) in [6, 6.07) is 4.69. The number of aromatic carboxylic acids is 1. The van der Waals surface area contributed by atoms with E-state index in [1.54, 1.807) is 30.0 Å². The average Bonchev–Trinajstić information content (AvgIpc) is 2.41. The zero-order valence-corrected chi connectivity index (χ0v) is 12.4. The second-order valence-corrected chi connectivity index (χ2v) is 5.38. The van der Waals surface area contributed by atoms with Gasteiger partial charge in [-0.15, -0.1) is 0 Å². The molecule has 2 rings (SSSR count). The molecule has 2 N–H and O–H groups in total. The molecular formula is C15H20N2O4. The van der Waals surface area contributed by atoms with E-state index in [9.17, 15) is 14.7 Å². The number of aryl methyl sites for hydroxylation is 1. The molecule has 1 aliphatic heterocycles. The number of rotatable bonds is 2. The van der Waals surface area contributed by atoms with Crippen molar-refractivity contribution < 1.29 is 19.4 Å². The van der Waals surface area contributed by atoms with Crippen molar-refractivity contribution >= 4 is 17.7 Å². The number of morpholine rings is 1. The molecule has 1 aromatic rings. The third-order valence-electron chi connectivity index (χ3n) is 3.60. The first-order valence-corrected chi connectivity index (χ1v) is 6.92. The average molecular weight is 292 g/mol. The van der Waals surface area contributed by atoms with E-state index in [2.05, 4.69) is 5.32 Å². The van der Waals surface area contributed by atoms with Gasteiger partial charge in [0.1, 0.15) is 0 Å². The lowest BCUT2D eigenvalue weighted by Gasteiger charge is -2.36. The molecule has 0 saturated carbocycles. The van der Waals surface area contributed by atoms with Gasteiger partial charge in [-0.25, -0.2) is 9.59 Å². The fourth-order valence-electron chi connectivity index (χ4n) is 2.43. The first-order chi connectivity index (χ1) is 9.90. The fraction of sp³-hybridized carbons (Fsp3) is 0.467. The smallest absolute Gasteiger partial charge is 0.338 e. The number of urea groups is 1. The van der Waals surface area contributed by atoms with Gasteiger partial charge in [0, 0.05) is 6.54 Å². The molecule has 0 radical (unpaired) electrons. The SMILES string of the molecule is Cc1cccc(NC(=O)N2CC(C)OCC2C)c1C(=O)O. The van der Waals surface area contributed by atoms with Crippen molar-refractivity contribution in [2.45, 2.75) is 32.9 Å². The maximum absolute atomic E-state index is 12.4. The third kappa shape index (κ3) is 3.33. The third-order valence-corrected chi connectivity index (χ3v) is 3.60. The Morgan fingerprint density at radius 2 is 2.10 bits per heavy atom. The van der Waals surface area contributed by atoms with Crippen LogP contribution in [0.2, 0.25) is 0 Å². The molecule has 0 spiro atoms. The van der Waals surface area contributed by atoms with Crippen LogP contribution in [0, 0.1) is 6.92 Å². The number of benzene rings is 1. The lowest BCUT2D eigenvalue weighted by Crippen LogP contribution is -2.51. The number of nitrogens with one attached hydrogen (secondary N) is 1. The van der Waals surface area contributed by atoms with Gasteiger partial charge in [0.2, 0.25) is 0 Å². The molecule has 1 aromatic carbocycles. The van der Waals surface area contributed by atoms with Crippen molar-refractivity contribution in [3.8, 4) is 0 Å². The molecule has 6 heteroatoms. The van der Waals surface area contributed by atoms with Crippen LogP contribution < -0.4 is 5.32 Å². The molecule has 2 amide bonds. The van der Waals surface area contributed by atoms with Crippen molar-refractivity contribution in [3.63, 3.8) is 0 Å². The second kappa shape index (κ2) is 6.13. The Bertz CT molecular complexity index is 559. The molecule has 1 fully saturated rings. The van der Waals surface area contributed by atoms with E-state index in [0.29, 0.717) is 24.4 Å². The number of hydrogen-bond donors (Lipinski definition) is 2.